The van der Waals surface area contributed by atoms with E-state index in [1.807, 2.05) is 32.1 Å². The number of aromatic nitrogens is 2. The molecule has 0 saturated carbocycles. The molecule has 0 amide bonds. The van der Waals surface area contributed by atoms with Crippen molar-refractivity contribution in [3.8, 4) is 0 Å². The van der Waals surface area contributed by atoms with E-state index in [-0.39, 0.29) is 0 Å². The number of hydrogen-bond acceptors (Lipinski definition) is 3. The number of hydrogen-bond donors (Lipinski definition) is 0. The van der Waals surface area contributed by atoms with Crippen molar-refractivity contribution in [2.24, 2.45) is 4.99 Å². The fourth-order valence-electron chi connectivity index (χ4n) is 1.07. The molecule has 0 saturated heterocycles. The molecule has 3 nitrogen and oxygen atoms in total. The molecule has 0 spiro atoms. The topological polar surface area (TPSA) is 38.1 Å². The zero-order valence-corrected chi connectivity index (χ0v) is 8.44. The third-order valence-electron chi connectivity index (χ3n) is 1.77. The molecule has 1 aromatic rings. The van der Waals surface area contributed by atoms with Crippen LogP contribution in [0.15, 0.2) is 35.7 Å². The van der Waals surface area contributed by atoms with Crippen LogP contribution < -0.4 is 0 Å². The monoisotopic (exact) mass is 187 g/mol. The van der Waals surface area contributed by atoms with E-state index in [4.69, 9.17) is 0 Å². The van der Waals surface area contributed by atoms with Crippen LogP contribution in [0, 0.1) is 6.92 Å². The summed E-state index contributed by atoms with van der Waals surface area (Å²) in [5, 5.41) is 0. The second-order valence-electron chi connectivity index (χ2n) is 2.79. The molecule has 72 valence electrons. The zero-order chi connectivity index (χ0) is 10.4. The first-order chi connectivity index (χ1) is 6.77. The Morgan fingerprint density at radius 1 is 1.50 bits per heavy atom. The van der Waals surface area contributed by atoms with Crippen molar-refractivity contribution in [1.29, 1.82) is 0 Å². The summed E-state index contributed by atoms with van der Waals surface area (Å²) in [6.45, 7) is 7.28. The summed E-state index contributed by atoms with van der Waals surface area (Å²) in [7, 11) is 0. The molecular formula is C11H13N3. The molecule has 3 heteroatoms. The van der Waals surface area contributed by atoms with E-state index in [9.17, 15) is 0 Å². The standard InChI is InChI=1S/C11H13N3/c1-4-10(5-6-12-3)11-7-9(2)13-8-14-11/h4-8H,3H2,1-2H3/b6-5-,10-4+. The van der Waals surface area contributed by atoms with Crippen LogP contribution >= 0.6 is 0 Å². The molecule has 0 unspecified atom stereocenters. The fourth-order valence-corrected chi connectivity index (χ4v) is 1.07. The van der Waals surface area contributed by atoms with Crippen LogP contribution in [0.3, 0.4) is 0 Å². The summed E-state index contributed by atoms with van der Waals surface area (Å²) in [4.78, 5) is 11.9. The van der Waals surface area contributed by atoms with Crippen molar-refractivity contribution < 1.29 is 0 Å². The van der Waals surface area contributed by atoms with Gasteiger partial charge in [-0.05, 0) is 38.3 Å². The summed E-state index contributed by atoms with van der Waals surface area (Å²) in [5.41, 5.74) is 2.87. The Kier molecular flexibility index (Phi) is 3.73. The molecular weight excluding hydrogens is 174 g/mol. The van der Waals surface area contributed by atoms with Gasteiger partial charge in [-0.2, -0.15) is 0 Å². The maximum absolute atomic E-state index is 4.17. The van der Waals surface area contributed by atoms with Gasteiger partial charge in [-0.3, -0.25) is 4.99 Å². The first-order valence-corrected chi connectivity index (χ1v) is 4.35. The van der Waals surface area contributed by atoms with Gasteiger partial charge in [0.2, 0.25) is 0 Å². The van der Waals surface area contributed by atoms with Gasteiger partial charge in [0.05, 0.1) is 5.69 Å². The van der Waals surface area contributed by atoms with Crippen molar-refractivity contribution in [2.75, 3.05) is 0 Å². The molecule has 0 aliphatic heterocycles. The van der Waals surface area contributed by atoms with Gasteiger partial charge in [-0.25, -0.2) is 9.97 Å². The highest BCUT2D eigenvalue weighted by Gasteiger charge is 1.98. The van der Waals surface area contributed by atoms with Gasteiger partial charge in [0, 0.05) is 11.9 Å². The smallest absolute Gasteiger partial charge is 0.116 e. The van der Waals surface area contributed by atoms with E-state index < -0.39 is 0 Å². The number of nitrogens with zero attached hydrogens (tertiary/aromatic N) is 3. The minimum absolute atomic E-state index is 0.903. The first-order valence-electron chi connectivity index (χ1n) is 4.35. The van der Waals surface area contributed by atoms with Crippen LogP contribution in [0.4, 0.5) is 0 Å². The van der Waals surface area contributed by atoms with Gasteiger partial charge in [-0.1, -0.05) is 6.08 Å². The molecule has 0 fully saturated rings. The van der Waals surface area contributed by atoms with Gasteiger partial charge < -0.3 is 0 Å². The quantitative estimate of drug-likeness (QED) is 0.538. The molecule has 0 aliphatic rings. The molecule has 0 N–H and O–H groups in total. The van der Waals surface area contributed by atoms with Crippen LogP contribution in [-0.4, -0.2) is 16.7 Å². The fraction of sp³-hybridized carbons (Fsp3) is 0.182. The van der Waals surface area contributed by atoms with E-state index in [0.29, 0.717) is 0 Å². The molecule has 0 aliphatic carbocycles. The summed E-state index contributed by atoms with van der Waals surface area (Å²) < 4.78 is 0. The van der Waals surface area contributed by atoms with Gasteiger partial charge in [0.15, 0.2) is 0 Å². The van der Waals surface area contributed by atoms with Gasteiger partial charge in [0.25, 0.3) is 0 Å². The molecule has 1 aromatic heterocycles. The largest absolute Gasteiger partial charge is 0.272 e. The number of aryl methyl sites for hydroxylation is 1. The minimum Gasteiger partial charge on any atom is -0.272 e. The maximum atomic E-state index is 4.17. The lowest BCUT2D eigenvalue weighted by molar-refractivity contribution is 1.08. The molecule has 1 rings (SSSR count). The van der Waals surface area contributed by atoms with Gasteiger partial charge >= 0.3 is 0 Å². The average molecular weight is 187 g/mol. The number of allylic oxidation sites excluding steroid dienone is 3. The molecule has 0 atom stereocenters. The van der Waals surface area contributed by atoms with Crippen LogP contribution in [0.1, 0.15) is 18.3 Å². The van der Waals surface area contributed by atoms with Crippen molar-refractivity contribution in [2.45, 2.75) is 13.8 Å². The summed E-state index contributed by atoms with van der Waals surface area (Å²) in [6, 6.07) is 1.93. The minimum atomic E-state index is 0.903. The predicted molar refractivity (Wildman–Crippen MR) is 59.1 cm³/mol. The van der Waals surface area contributed by atoms with Gasteiger partial charge in [0.1, 0.15) is 6.33 Å². The molecule has 14 heavy (non-hydrogen) atoms. The van der Waals surface area contributed by atoms with Crippen LogP contribution in [0.25, 0.3) is 5.57 Å². The Bertz CT molecular complexity index is 378. The van der Waals surface area contributed by atoms with Gasteiger partial charge in [-0.15, -0.1) is 0 Å². The highest BCUT2D eigenvalue weighted by atomic mass is 14.8. The van der Waals surface area contributed by atoms with E-state index in [0.717, 1.165) is 17.0 Å². The van der Waals surface area contributed by atoms with E-state index in [1.54, 1.807) is 12.5 Å². The second kappa shape index (κ2) is 5.07. The second-order valence-corrected chi connectivity index (χ2v) is 2.79. The Labute approximate surface area is 83.9 Å². The Balaban J connectivity index is 3.02. The third kappa shape index (κ3) is 2.62. The summed E-state index contributed by atoms with van der Waals surface area (Å²) in [5.74, 6) is 0. The lowest BCUT2D eigenvalue weighted by atomic mass is 10.1. The van der Waals surface area contributed by atoms with Crippen molar-refractivity contribution in [3.63, 3.8) is 0 Å². The third-order valence-corrected chi connectivity index (χ3v) is 1.77. The van der Waals surface area contributed by atoms with E-state index >= 15 is 0 Å². The van der Waals surface area contributed by atoms with Crippen molar-refractivity contribution in [3.05, 3.63) is 42.1 Å². The molecule has 0 aromatic carbocycles. The Morgan fingerprint density at radius 2 is 2.29 bits per heavy atom. The van der Waals surface area contributed by atoms with Crippen molar-refractivity contribution >= 4 is 12.3 Å². The number of rotatable bonds is 3. The highest BCUT2D eigenvalue weighted by Crippen LogP contribution is 2.12. The van der Waals surface area contributed by atoms with Crippen LogP contribution in [-0.2, 0) is 0 Å². The molecule has 0 radical (unpaired) electrons. The average Bonchev–Trinajstić information content (AvgIpc) is 2.19. The zero-order valence-electron chi connectivity index (χ0n) is 8.44. The predicted octanol–water partition coefficient (Wildman–Crippen LogP) is 2.40. The first kappa shape index (κ1) is 10.3. The maximum Gasteiger partial charge on any atom is 0.116 e. The normalized spacial score (nSPS) is 12.0. The van der Waals surface area contributed by atoms with Crippen molar-refractivity contribution in [1.82, 2.24) is 9.97 Å². The van der Waals surface area contributed by atoms with Crippen LogP contribution in [0.5, 0.6) is 0 Å². The highest BCUT2D eigenvalue weighted by molar-refractivity contribution is 5.71. The lowest BCUT2D eigenvalue weighted by Crippen LogP contribution is -1.90. The summed E-state index contributed by atoms with van der Waals surface area (Å²) >= 11 is 0. The lowest BCUT2D eigenvalue weighted by Gasteiger charge is -2.00. The van der Waals surface area contributed by atoms with E-state index in [2.05, 4.69) is 21.7 Å². The number of aliphatic imine (C=N–C) groups is 1. The SMILES string of the molecule is C=N/C=C\C(=C/C)c1cc(C)ncn1. The Morgan fingerprint density at radius 3 is 2.86 bits per heavy atom. The summed E-state index contributed by atoms with van der Waals surface area (Å²) in [6.07, 6.45) is 7.05. The molecule has 1 heterocycles. The Hall–Kier alpha value is -1.77. The van der Waals surface area contributed by atoms with Crippen LogP contribution in [0.2, 0.25) is 0 Å². The molecule has 0 bridgehead atoms. The van der Waals surface area contributed by atoms with E-state index in [1.165, 1.54) is 0 Å².